The zero-order chi connectivity index (χ0) is 27.1. The monoisotopic (exact) mass is 547 g/mol. The average Bonchev–Trinajstić information content (AvgIpc) is 3.65. The van der Waals surface area contributed by atoms with E-state index in [2.05, 4.69) is 15.6 Å². The summed E-state index contributed by atoms with van der Waals surface area (Å²) in [6, 6.07) is 21.1. The molecule has 8 nitrogen and oxygen atoms in total. The maximum absolute atomic E-state index is 13.6. The van der Waals surface area contributed by atoms with Crippen LogP contribution >= 0.6 is 11.3 Å². The number of carbonyl (C=O) groups excluding carboxylic acids is 2. The minimum atomic E-state index is -0.424. The second kappa shape index (κ2) is 9.77. The van der Waals surface area contributed by atoms with E-state index >= 15 is 0 Å². The Morgan fingerprint density at radius 2 is 1.82 bits per heavy atom. The van der Waals surface area contributed by atoms with Crippen LogP contribution in [0, 0.1) is 0 Å². The third-order valence-corrected chi connectivity index (χ3v) is 8.37. The highest BCUT2D eigenvalue weighted by Gasteiger charge is 2.46. The van der Waals surface area contributed by atoms with Gasteiger partial charge in [-0.15, -0.1) is 11.3 Å². The van der Waals surface area contributed by atoms with Crippen molar-refractivity contribution in [3.63, 3.8) is 0 Å². The lowest BCUT2D eigenvalue weighted by Gasteiger charge is -2.31. The number of hydrogen-bond acceptors (Lipinski definition) is 7. The summed E-state index contributed by atoms with van der Waals surface area (Å²) < 4.78 is 6.88. The molecule has 3 aromatic heterocycles. The molecule has 7 rings (SSSR count). The number of rotatable bonds is 6. The van der Waals surface area contributed by atoms with E-state index in [4.69, 9.17) is 9.72 Å². The zero-order valence-electron chi connectivity index (χ0n) is 21.5. The van der Waals surface area contributed by atoms with Gasteiger partial charge in [0.1, 0.15) is 12.4 Å². The van der Waals surface area contributed by atoms with Crippen molar-refractivity contribution in [3.05, 3.63) is 107 Å². The Bertz CT molecular complexity index is 1750. The molecule has 0 spiro atoms. The fraction of sp³-hybridized carbons (Fsp3) is 0.161. The number of ether oxygens (including phenoxy) is 1. The molecule has 4 heterocycles. The third kappa shape index (κ3) is 4.34. The number of thiophene rings is 1. The number of anilines is 3. The van der Waals surface area contributed by atoms with E-state index in [1.54, 1.807) is 24.7 Å². The first-order valence-corrected chi connectivity index (χ1v) is 14.0. The largest absolute Gasteiger partial charge is 0.490 e. The van der Waals surface area contributed by atoms with Gasteiger partial charge in [0.2, 0.25) is 0 Å². The molecule has 1 aliphatic heterocycles. The third-order valence-electron chi connectivity index (χ3n) is 7.40. The Morgan fingerprint density at radius 3 is 2.67 bits per heavy atom. The Labute approximate surface area is 234 Å². The summed E-state index contributed by atoms with van der Waals surface area (Å²) in [7, 11) is 0. The number of hydrogen-bond donors (Lipinski definition) is 2. The number of nitrogens with zero attached hydrogens (tertiary/aromatic N) is 3. The quantitative estimate of drug-likeness (QED) is 0.275. The van der Waals surface area contributed by atoms with E-state index < -0.39 is 5.54 Å². The fourth-order valence-corrected chi connectivity index (χ4v) is 6.11. The lowest BCUT2D eigenvalue weighted by atomic mass is 10.1. The van der Waals surface area contributed by atoms with Crippen molar-refractivity contribution in [2.75, 3.05) is 23.4 Å². The average molecular weight is 548 g/mol. The van der Waals surface area contributed by atoms with E-state index in [0.29, 0.717) is 35.8 Å². The van der Waals surface area contributed by atoms with Gasteiger partial charge in [-0.3, -0.25) is 14.6 Å². The van der Waals surface area contributed by atoms with Crippen molar-refractivity contribution in [2.24, 2.45) is 0 Å². The predicted molar refractivity (Wildman–Crippen MR) is 156 cm³/mol. The Hall–Kier alpha value is -4.76. The van der Waals surface area contributed by atoms with Gasteiger partial charge in [-0.25, -0.2) is 4.98 Å². The summed E-state index contributed by atoms with van der Waals surface area (Å²) in [6.07, 6.45) is 6.77. The van der Waals surface area contributed by atoms with Gasteiger partial charge in [0, 0.05) is 34.1 Å². The maximum atomic E-state index is 13.6. The van der Waals surface area contributed by atoms with Crippen molar-refractivity contribution < 1.29 is 14.3 Å². The predicted octanol–water partition coefficient (Wildman–Crippen LogP) is 5.89. The molecule has 1 saturated carbocycles. The summed E-state index contributed by atoms with van der Waals surface area (Å²) in [5.41, 5.74) is 2.81. The first-order chi connectivity index (χ1) is 19.6. The van der Waals surface area contributed by atoms with Crippen molar-refractivity contribution in [3.8, 4) is 5.75 Å². The van der Waals surface area contributed by atoms with Crippen LogP contribution in [0.15, 0.2) is 90.7 Å². The van der Waals surface area contributed by atoms with Gasteiger partial charge in [-0.2, -0.15) is 0 Å². The molecule has 2 amide bonds. The van der Waals surface area contributed by atoms with Crippen molar-refractivity contribution in [2.45, 2.75) is 18.4 Å². The Kier molecular flexibility index (Phi) is 5.93. The molecule has 5 aromatic rings. The van der Waals surface area contributed by atoms with Gasteiger partial charge in [0.15, 0.2) is 5.82 Å². The Balaban J connectivity index is 1.25. The molecule has 0 radical (unpaired) electrons. The smallest absolute Gasteiger partial charge is 0.257 e. The lowest BCUT2D eigenvalue weighted by molar-refractivity contribution is 0.0929. The van der Waals surface area contributed by atoms with Crippen LogP contribution < -0.4 is 20.3 Å². The maximum Gasteiger partial charge on any atom is 0.257 e. The molecule has 0 bridgehead atoms. The highest BCUT2D eigenvalue weighted by atomic mass is 32.1. The molecule has 1 aliphatic carbocycles. The van der Waals surface area contributed by atoms with Gasteiger partial charge >= 0.3 is 0 Å². The molecular formula is C31H25N5O3S. The number of nitrogens with one attached hydrogen (secondary N) is 2. The van der Waals surface area contributed by atoms with Gasteiger partial charge in [-0.1, -0.05) is 36.4 Å². The molecule has 0 atom stereocenters. The summed E-state index contributed by atoms with van der Waals surface area (Å²) in [4.78, 5) is 38.0. The molecule has 198 valence electrons. The Morgan fingerprint density at radius 1 is 0.975 bits per heavy atom. The standard InChI is InChI=1S/C31H25N5O3S/c37-29(35-31(11-12-31)21-6-5-13-32-18-21)20-16-24(34-30(38)23-19-40-27-10-4-1-7-22(23)27)28(33-17-20)36-14-15-39-26-9-3-2-8-25(26)36/h1-10,13,16-19H,11-12,14-15H2,(H,34,38)(H,35,37). The molecule has 2 aliphatic rings. The van der Waals surface area contributed by atoms with E-state index in [0.717, 1.165) is 39.9 Å². The highest BCUT2D eigenvalue weighted by molar-refractivity contribution is 7.17. The van der Waals surface area contributed by atoms with Gasteiger partial charge in [-0.05, 0) is 48.7 Å². The van der Waals surface area contributed by atoms with Crippen LogP contribution in [-0.2, 0) is 5.54 Å². The van der Waals surface area contributed by atoms with Crippen LogP contribution in [0.4, 0.5) is 17.2 Å². The molecule has 0 saturated heterocycles. The second-order valence-corrected chi connectivity index (χ2v) is 10.9. The van der Waals surface area contributed by atoms with Crippen LogP contribution in [0.25, 0.3) is 10.1 Å². The van der Waals surface area contributed by atoms with Crippen LogP contribution in [-0.4, -0.2) is 34.9 Å². The summed E-state index contributed by atoms with van der Waals surface area (Å²) in [6.45, 7) is 1.01. The van der Waals surface area contributed by atoms with Crippen molar-refractivity contribution in [1.29, 1.82) is 0 Å². The topological polar surface area (TPSA) is 96.5 Å². The molecule has 0 unspecified atom stereocenters. The minimum Gasteiger partial charge on any atom is -0.490 e. The molecular weight excluding hydrogens is 522 g/mol. The van der Waals surface area contributed by atoms with Crippen LogP contribution in [0.1, 0.15) is 39.1 Å². The van der Waals surface area contributed by atoms with Crippen molar-refractivity contribution in [1.82, 2.24) is 15.3 Å². The molecule has 40 heavy (non-hydrogen) atoms. The lowest BCUT2D eigenvalue weighted by Crippen LogP contribution is -2.35. The molecule has 2 N–H and O–H groups in total. The second-order valence-electron chi connectivity index (χ2n) is 9.94. The normalized spacial score (nSPS) is 15.2. The van der Waals surface area contributed by atoms with Crippen molar-refractivity contribution >= 4 is 50.4 Å². The number of amides is 2. The molecule has 1 fully saturated rings. The summed E-state index contributed by atoms with van der Waals surface area (Å²) in [5, 5.41) is 9.00. The molecule has 2 aromatic carbocycles. The number of pyridine rings is 2. The fourth-order valence-electron chi connectivity index (χ4n) is 5.17. The van der Waals surface area contributed by atoms with Gasteiger partial charge in [0.05, 0.1) is 34.6 Å². The van der Waals surface area contributed by atoms with E-state index in [9.17, 15) is 9.59 Å². The summed E-state index contributed by atoms with van der Waals surface area (Å²) in [5.74, 6) is 0.784. The van der Waals surface area contributed by atoms with Gasteiger partial charge < -0.3 is 20.3 Å². The molecule has 9 heteroatoms. The first kappa shape index (κ1) is 24.3. The van der Waals surface area contributed by atoms with Crippen LogP contribution in [0.3, 0.4) is 0 Å². The SMILES string of the molecule is O=C(NC1(c2cccnc2)CC1)c1cnc(N2CCOc3ccccc32)c(NC(=O)c2csc3ccccc23)c1. The number of aromatic nitrogens is 2. The van der Waals surface area contributed by atoms with E-state index in [1.807, 2.05) is 70.9 Å². The number of para-hydroxylation sites is 2. The van der Waals surface area contributed by atoms with E-state index in [1.165, 1.54) is 11.3 Å². The number of benzene rings is 2. The highest BCUT2D eigenvalue weighted by Crippen LogP contribution is 2.45. The number of carbonyl (C=O) groups is 2. The van der Waals surface area contributed by atoms with Gasteiger partial charge in [0.25, 0.3) is 11.8 Å². The van der Waals surface area contributed by atoms with Crippen LogP contribution in [0.5, 0.6) is 5.75 Å². The zero-order valence-corrected chi connectivity index (χ0v) is 22.3. The van der Waals surface area contributed by atoms with Crippen LogP contribution in [0.2, 0.25) is 0 Å². The first-order valence-electron chi connectivity index (χ1n) is 13.1. The van der Waals surface area contributed by atoms with E-state index in [-0.39, 0.29) is 11.8 Å². The summed E-state index contributed by atoms with van der Waals surface area (Å²) >= 11 is 1.52. The minimum absolute atomic E-state index is 0.251. The number of fused-ring (bicyclic) bond motifs is 2.